The van der Waals surface area contributed by atoms with E-state index in [-0.39, 0.29) is 33.7 Å². The number of ketones is 1. The van der Waals surface area contributed by atoms with Gasteiger partial charge in [0.15, 0.2) is 16.6 Å². The number of Topliss-reactive ketones (excluding diaryl/α,β-unsaturated/α-hetero) is 1. The number of carbonyl (C=O) groups is 3. The summed E-state index contributed by atoms with van der Waals surface area (Å²) in [7, 11) is 4.33. The molecule has 1 N–H and O–H groups in total. The number of anilines is 1. The molecule has 0 aliphatic carbocycles. The molecule has 1 aliphatic heterocycles. The SMILES string of the molecule is C=CCOC(=O)c1sc(N2C(=O)C(=O)/C(=C(/O)c3ccc(OCc4ccccc4)c(C)c3)[C@H]2c2cc(OC)c(OC)c(OC)c2)nc1C. The van der Waals surface area contributed by atoms with Crippen LogP contribution in [0.3, 0.4) is 0 Å². The summed E-state index contributed by atoms with van der Waals surface area (Å²) in [5.41, 5.74) is 2.44. The summed E-state index contributed by atoms with van der Waals surface area (Å²) in [5.74, 6) is -1.56. The van der Waals surface area contributed by atoms with Gasteiger partial charge >= 0.3 is 11.9 Å². The van der Waals surface area contributed by atoms with Gasteiger partial charge in [0, 0.05) is 5.56 Å². The van der Waals surface area contributed by atoms with Gasteiger partial charge in [0.05, 0.1) is 38.6 Å². The summed E-state index contributed by atoms with van der Waals surface area (Å²) in [4.78, 5) is 46.2. The van der Waals surface area contributed by atoms with Gasteiger partial charge in [-0.05, 0) is 60.9 Å². The van der Waals surface area contributed by atoms with E-state index in [9.17, 15) is 19.5 Å². The minimum absolute atomic E-state index is 0.0169. The van der Waals surface area contributed by atoms with Crippen LogP contribution in [0.25, 0.3) is 5.76 Å². The van der Waals surface area contributed by atoms with Crippen molar-refractivity contribution in [2.24, 2.45) is 0 Å². The van der Waals surface area contributed by atoms with Crippen LogP contribution in [0.2, 0.25) is 0 Å². The number of rotatable bonds is 12. The molecule has 5 rings (SSSR count). The molecule has 4 aromatic rings. The third kappa shape index (κ3) is 6.47. The molecule has 1 atom stereocenters. The molecule has 2 heterocycles. The van der Waals surface area contributed by atoms with Crippen LogP contribution in [-0.2, 0) is 20.9 Å². The van der Waals surface area contributed by atoms with Crippen molar-refractivity contribution in [3.63, 3.8) is 0 Å². The van der Waals surface area contributed by atoms with Crippen molar-refractivity contribution in [3.8, 4) is 23.0 Å². The molecular weight excluding hydrogens is 636 g/mol. The van der Waals surface area contributed by atoms with Gasteiger partial charge in [0.1, 0.15) is 29.6 Å². The number of hydrogen-bond acceptors (Lipinski definition) is 11. The Morgan fingerprint density at radius 3 is 2.27 bits per heavy atom. The van der Waals surface area contributed by atoms with Crippen molar-refractivity contribution in [2.75, 3.05) is 32.8 Å². The van der Waals surface area contributed by atoms with E-state index in [1.165, 1.54) is 27.4 Å². The minimum atomic E-state index is -1.20. The molecule has 0 radical (unpaired) electrons. The zero-order valence-electron chi connectivity index (χ0n) is 27.1. The molecule has 48 heavy (non-hydrogen) atoms. The molecule has 0 spiro atoms. The number of amides is 1. The van der Waals surface area contributed by atoms with Crippen LogP contribution in [0, 0.1) is 13.8 Å². The molecule has 11 nitrogen and oxygen atoms in total. The van der Waals surface area contributed by atoms with Gasteiger partial charge in [0.2, 0.25) is 5.75 Å². The molecule has 0 unspecified atom stereocenters. The van der Waals surface area contributed by atoms with Crippen molar-refractivity contribution in [2.45, 2.75) is 26.5 Å². The number of hydrogen-bond donors (Lipinski definition) is 1. The standard InChI is InChI=1S/C36H34N2O9S/c1-7-15-46-35(42)33-21(3)37-36(48-33)38-29(24-17-26(43-4)32(45-6)27(18-24)44-5)28(31(40)34(38)41)30(39)23-13-14-25(20(2)16-23)47-19-22-11-9-8-10-12-22/h7-14,16-18,29,39H,1,15,19H2,2-6H3/b30-28+/t29-/m1/s1. The van der Waals surface area contributed by atoms with Gasteiger partial charge in [-0.15, -0.1) is 0 Å². The Morgan fingerprint density at radius 2 is 1.67 bits per heavy atom. The predicted molar refractivity (Wildman–Crippen MR) is 180 cm³/mol. The largest absolute Gasteiger partial charge is 0.507 e. The highest BCUT2D eigenvalue weighted by atomic mass is 32.1. The van der Waals surface area contributed by atoms with Crippen molar-refractivity contribution in [3.05, 3.63) is 112 Å². The van der Waals surface area contributed by atoms with Gasteiger partial charge in [-0.3, -0.25) is 14.5 Å². The van der Waals surface area contributed by atoms with Crippen LogP contribution in [0.4, 0.5) is 5.13 Å². The Morgan fingerprint density at radius 1 is 0.979 bits per heavy atom. The minimum Gasteiger partial charge on any atom is -0.507 e. The van der Waals surface area contributed by atoms with E-state index in [2.05, 4.69) is 11.6 Å². The first-order chi connectivity index (χ1) is 23.1. The van der Waals surface area contributed by atoms with Crippen LogP contribution in [0.1, 0.15) is 43.7 Å². The first kappa shape index (κ1) is 33.7. The molecule has 1 aromatic heterocycles. The van der Waals surface area contributed by atoms with E-state index in [1.807, 2.05) is 37.3 Å². The third-order valence-electron chi connectivity index (χ3n) is 7.64. The van der Waals surface area contributed by atoms with Gasteiger partial charge in [-0.25, -0.2) is 9.78 Å². The quantitative estimate of drug-likeness (QED) is 0.0599. The van der Waals surface area contributed by atoms with E-state index in [4.69, 9.17) is 23.7 Å². The lowest BCUT2D eigenvalue weighted by atomic mass is 9.94. The van der Waals surface area contributed by atoms with E-state index in [0.717, 1.165) is 21.8 Å². The Hall–Kier alpha value is -5.62. The van der Waals surface area contributed by atoms with E-state index < -0.39 is 29.5 Å². The fourth-order valence-electron chi connectivity index (χ4n) is 5.33. The summed E-state index contributed by atoms with van der Waals surface area (Å²) in [6.07, 6.45) is 1.43. The van der Waals surface area contributed by atoms with Crippen molar-refractivity contribution in [1.82, 2.24) is 4.98 Å². The third-order valence-corrected chi connectivity index (χ3v) is 8.78. The maximum Gasteiger partial charge on any atom is 0.350 e. The normalized spacial score (nSPS) is 15.3. The van der Waals surface area contributed by atoms with Crippen molar-refractivity contribution >= 4 is 39.9 Å². The predicted octanol–water partition coefficient (Wildman–Crippen LogP) is 6.33. The lowest BCUT2D eigenvalue weighted by molar-refractivity contribution is -0.132. The van der Waals surface area contributed by atoms with E-state index >= 15 is 0 Å². The Kier molecular flexibility index (Phi) is 10.1. The molecule has 12 heteroatoms. The van der Waals surface area contributed by atoms with Gasteiger partial charge in [0.25, 0.3) is 5.78 Å². The number of thiazole rings is 1. The smallest absolute Gasteiger partial charge is 0.350 e. The summed E-state index contributed by atoms with van der Waals surface area (Å²) in [6, 6.07) is 16.6. The highest BCUT2D eigenvalue weighted by Crippen LogP contribution is 2.48. The summed E-state index contributed by atoms with van der Waals surface area (Å²) < 4.78 is 27.8. The molecule has 1 saturated heterocycles. The fraction of sp³-hybridized carbons (Fsp3) is 0.222. The molecule has 0 saturated carbocycles. The highest BCUT2D eigenvalue weighted by molar-refractivity contribution is 7.17. The Balaban J connectivity index is 1.64. The van der Waals surface area contributed by atoms with Crippen LogP contribution >= 0.6 is 11.3 Å². The number of carbonyl (C=O) groups excluding carboxylic acids is 3. The zero-order chi connectivity index (χ0) is 34.5. The molecule has 248 valence electrons. The monoisotopic (exact) mass is 670 g/mol. The molecular formula is C36H34N2O9S. The van der Waals surface area contributed by atoms with Crippen LogP contribution in [0.5, 0.6) is 23.0 Å². The van der Waals surface area contributed by atoms with E-state index in [1.54, 1.807) is 37.3 Å². The topological polar surface area (TPSA) is 134 Å². The summed E-state index contributed by atoms with van der Waals surface area (Å²) in [5, 5.41) is 11.8. The lowest BCUT2D eigenvalue weighted by Crippen LogP contribution is -2.29. The van der Waals surface area contributed by atoms with Gasteiger partial charge in [-0.2, -0.15) is 0 Å². The number of nitrogens with zero attached hydrogens (tertiary/aromatic N) is 2. The average Bonchev–Trinajstić information content (AvgIpc) is 3.61. The summed E-state index contributed by atoms with van der Waals surface area (Å²) >= 11 is 0.890. The number of aliphatic hydroxyl groups is 1. The molecule has 3 aromatic carbocycles. The fourth-order valence-corrected chi connectivity index (χ4v) is 6.32. The number of aromatic nitrogens is 1. The number of methoxy groups -OCH3 is 3. The van der Waals surface area contributed by atoms with Crippen molar-refractivity contribution in [1.29, 1.82) is 0 Å². The number of benzene rings is 3. The first-order valence-corrected chi connectivity index (χ1v) is 15.6. The number of aryl methyl sites for hydroxylation is 2. The zero-order valence-corrected chi connectivity index (χ0v) is 27.9. The maximum absolute atomic E-state index is 13.9. The van der Waals surface area contributed by atoms with Crippen molar-refractivity contribution < 1.29 is 43.2 Å². The van der Waals surface area contributed by atoms with Crippen LogP contribution in [-0.4, -0.2) is 55.7 Å². The Bertz CT molecular complexity index is 1890. The molecule has 1 aliphatic rings. The highest BCUT2D eigenvalue weighted by Gasteiger charge is 2.49. The molecule has 1 amide bonds. The first-order valence-electron chi connectivity index (χ1n) is 14.8. The second-order valence-corrected chi connectivity index (χ2v) is 11.7. The molecule has 1 fully saturated rings. The summed E-state index contributed by atoms with van der Waals surface area (Å²) in [6.45, 7) is 7.30. The van der Waals surface area contributed by atoms with Gasteiger partial charge in [-0.1, -0.05) is 54.3 Å². The number of esters is 1. The Labute approximate surface area is 281 Å². The second kappa shape index (κ2) is 14.4. The lowest BCUT2D eigenvalue weighted by Gasteiger charge is -2.24. The van der Waals surface area contributed by atoms with Crippen LogP contribution < -0.4 is 23.8 Å². The molecule has 0 bridgehead atoms. The second-order valence-electron chi connectivity index (χ2n) is 10.7. The number of ether oxygens (including phenoxy) is 5. The van der Waals surface area contributed by atoms with E-state index in [0.29, 0.717) is 40.5 Å². The average molecular weight is 671 g/mol. The van der Waals surface area contributed by atoms with Gasteiger partial charge < -0.3 is 28.8 Å². The maximum atomic E-state index is 13.9. The number of aliphatic hydroxyl groups excluding tert-OH is 1. The van der Waals surface area contributed by atoms with Crippen LogP contribution in [0.15, 0.2) is 78.9 Å².